The average molecular weight is 459 g/mol. The summed E-state index contributed by atoms with van der Waals surface area (Å²) in [5.74, 6) is -1.18. The molecule has 0 saturated heterocycles. The number of rotatable bonds is 4. The van der Waals surface area contributed by atoms with Gasteiger partial charge in [-0.1, -0.05) is 24.3 Å². The highest BCUT2D eigenvalue weighted by atomic mass is 32.1. The van der Waals surface area contributed by atoms with Crippen LogP contribution in [0, 0.1) is 12.7 Å². The van der Waals surface area contributed by atoms with E-state index < -0.39 is 5.82 Å². The first-order valence-electron chi connectivity index (χ1n) is 10.4. The topological polar surface area (TPSA) is 75.2 Å². The molecule has 0 saturated carbocycles. The lowest BCUT2D eigenvalue weighted by Crippen LogP contribution is -2.29. The van der Waals surface area contributed by atoms with Crippen LogP contribution < -0.4 is 10.2 Å². The molecule has 0 aliphatic carbocycles. The number of hydrogen-bond acceptors (Lipinski definition) is 5. The highest BCUT2D eigenvalue weighted by Gasteiger charge is 2.27. The quantitative estimate of drug-likeness (QED) is 0.461. The van der Waals surface area contributed by atoms with Crippen LogP contribution in [0.25, 0.3) is 11.3 Å². The highest BCUT2D eigenvalue weighted by Crippen LogP contribution is 2.36. The number of carbonyl (C=O) groups excluding carboxylic acids is 2. The number of amides is 2. The minimum Gasteiger partial charge on any atom is -0.308 e. The van der Waals surface area contributed by atoms with Gasteiger partial charge in [0.05, 0.1) is 11.3 Å². The van der Waals surface area contributed by atoms with Gasteiger partial charge in [0.2, 0.25) is 0 Å². The summed E-state index contributed by atoms with van der Waals surface area (Å²) < 4.78 is 14.1. The molecule has 0 unspecified atom stereocenters. The van der Waals surface area contributed by atoms with E-state index in [1.165, 1.54) is 23.5 Å². The fourth-order valence-electron chi connectivity index (χ4n) is 3.92. The van der Waals surface area contributed by atoms with Crippen molar-refractivity contribution in [3.8, 4) is 11.3 Å². The Hall–Kier alpha value is -3.91. The minimum atomic E-state index is -0.522. The van der Waals surface area contributed by atoms with Gasteiger partial charge in [-0.15, -0.1) is 11.3 Å². The van der Waals surface area contributed by atoms with Crippen LogP contribution in [0.15, 0.2) is 66.9 Å². The molecule has 0 spiro atoms. The SMILES string of the molecule is Cc1sc(NC(=O)c2ccccn2)nc1-c1ccc2c(c1)CCN2C(=O)c1ccccc1F. The maximum Gasteiger partial charge on any atom is 0.276 e. The zero-order valence-electron chi connectivity index (χ0n) is 17.7. The van der Waals surface area contributed by atoms with Crippen molar-refractivity contribution in [2.24, 2.45) is 0 Å². The predicted octanol–water partition coefficient (Wildman–Crippen LogP) is 5.11. The fraction of sp³-hybridized carbons (Fsp3) is 0.120. The van der Waals surface area contributed by atoms with E-state index in [1.807, 2.05) is 25.1 Å². The molecule has 33 heavy (non-hydrogen) atoms. The lowest BCUT2D eigenvalue weighted by molar-refractivity contribution is 0.0983. The van der Waals surface area contributed by atoms with Crippen LogP contribution >= 0.6 is 11.3 Å². The normalized spacial score (nSPS) is 12.5. The number of aromatic nitrogens is 2. The van der Waals surface area contributed by atoms with Crippen molar-refractivity contribution >= 4 is 34.0 Å². The zero-order valence-corrected chi connectivity index (χ0v) is 18.5. The summed E-state index contributed by atoms with van der Waals surface area (Å²) in [4.78, 5) is 36.5. The minimum absolute atomic E-state index is 0.0676. The molecule has 1 aliphatic heterocycles. The van der Waals surface area contributed by atoms with Gasteiger partial charge in [0.1, 0.15) is 11.5 Å². The number of fused-ring (bicyclic) bond motifs is 1. The largest absolute Gasteiger partial charge is 0.308 e. The van der Waals surface area contributed by atoms with Gasteiger partial charge in [0.25, 0.3) is 11.8 Å². The summed E-state index contributed by atoms with van der Waals surface area (Å²) in [6.07, 6.45) is 2.24. The van der Waals surface area contributed by atoms with Crippen molar-refractivity contribution in [2.45, 2.75) is 13.3 Å². The van der Waals surface area contributed by atoms with E-state index in [-0.39, 0.29) is 17.4 Å². The van der Waals surface area contributed by atoms with Gasteiger partial charge < -0.3 is 4.90 Å². The molecule has 0 radical (unpaired) electrons. The predicted molar refractivity (Wildman–Crippen MR) is 126 cm³/mol. The Kier molecular flexibility index (Phi) is 5.43. The smallest absolute Gasteiger partial charge is 0.276 e. The molecule has 164 valence electrons. The molecule has 0 fully saturated rings. The zero-order chi connectivity index (χ0) is 22.9. The second-order valence-electron chi connectivity index (χ2n) is 7.62. The monoisotopic (exact) mass is 458 g/mol. The molecular formula is C25H19FN4O2S. The van der Waals surface area contributed by atoms with Crippen LogP contribution in [0.1, 0.15) is 31.3 Å². The standard InChI is InChI=1S/C25H19FN4O2S/c1-15-22(28-25(33-15)29-23(31)20-8-4-5-12-27-20)17-9-10-21-16(14-17)11-13-30(21)24(32)18-6-2-3-7-19(18)26/h2-10,12,14H,11,13H2,1H3,(H,28,29,31). The third-order valence-electron chi connectivity index (χ3n) is 5.51. The van der Waals surface area contributed by atoms with Crippen molar-refractivity contribution in [1.82, 2.24) is 9.97 Å². The Balaban J connectivity index is 1.39. The van der Waals surface area contributed by atoms with Gasteiger partial charge in [0, 0.05) is 28.9 Å². The summed E-state index contributed by atoms with van der Waals surface area (Å²) in [7, 11) is 0. The van der Waals surface area contributed by atoms with Crippen LogP contribution in [0.4, 0.5) is 15.2 Å². The Labute approximate surface area is 193 Å². The second kappa shape index (κ2) is 8.55. The molecule has 2 aromatic heterocycles. The van der Waals surface area contributed by atoms with Crippen LogP contribution in [0.3, 0.4) is 0 Å². The first-order chi connectivity index (χ1) is 16.0. The van der Waals surface area contributed by atoms with Gasteiger partial charge in [-0.2, -0.15) is 0 Å². The van der Waals surface area contributed by atoms with Crippen molar-refractivity contribution in [3.63, 3.8) is 0 Å². The van der Waals surface area contributed by atoms with Crippen molar-refractivity contribution < 1.29 is 14.0 Å². The number of nitrogens with one attached hydrogen (secondary N) is 1. The maximum absolute atomic E-state index is 14.1. The van der Waals surface area contributed by atoms with Crippen LogP contribution in [0.5, 0.6) is 0 Å². The fourth-order valence-corrected chi connectivity index (χ4v) is 4.75. The number of thiazole rings is 1. The molecule has 1 N–H and O–H groups in total. The number of hydrogen-bond donors (Lipinski definition) is 1. The third kappa shape index (κ3) is 4.01. The Morgan fingerprint density at radius 2 is 1.91 bits per heavy atom. The summed E-state index contributed by atoms with van der Waals surface area (Å²) in [5, 5.41) is 3.30. The number of halogens is 1. The molecule has 0 atom stereocenters. The van der Waals surface area contributed by atoms with Gasteiger partial charge >= 0.3 is 0 Å². The van der Waals surface area contributed by atoms with Gasteiger partial charge in [-0.3, -0.25) is 19.9 Å². The number of pyridine rings is 1. The van der Waals surface area contributed by atoms with E-state index in [1.54, 1.807) is 41.4 Å². The summed E-state index contributed by atoms with van der Waals surface area (Å²) >= 11 is 1.39. The molecular weight excluding hydrogens is 439 g/mol. The van der Waals surface area contributed by atoms with E-state index in [4.69, 9.17) is 0 Å². The van der Waals surface area contributed by atoms with E-state index in [0.29, 0.717) is 23.8 Å². The Bertz CT molecular complexity index is 1370. The van der Waals surface area contributed by atoms with Gasteiger partial charge in [-0.25, -0.2) is 9.37 Å². The lowest BCUT2D eigenvalue weighted by Gasteiger charge is -2.18. The second-order valence-corrected chi connectivity index (χ2v) is 8.83. The number of carbonyl (C=O) groups is 2. The van der Waals surface area contributed by atoms with E-state index in [0.717, 1.165) is 27.4 Å². The summed E-state index contributed by atoms with van der Waals surface area (Å²) in [6, 6.07) is 17.0. The first-order valence-corrected chi connectivity index (χ1v) is 11.2. The van der Waals surface area contributed by atoms with E-state index in [9.17, 15) is 14.0 Å². The maximum atomic E-state index is 14.1. The Morgan fingerprint density at radius 1 is 1.09 bits per heavy atom. The molecule has 3 heterocycles. The lowest BCUT2D eigenvalue weighted by atomic mass is 10.1. The number of nitrogens with zero attached hydrogens (tertiary/aromatic N) is 3. The number of benzene rings is 2. The molecule has 1 aliphatic rings. The molecule has 2 aromatic carbocycles. The van der Waals surface area contributed by atoms with Crippen LogP contribution in [-0.4, -0.2) is 28.3 Å². The first kappa shape index (κ1) is 21.0. The number of aryl methyl sites for hydroxylation is 1. The summed E-state index contributed by atoms with van der Waals surface area (Å²) in [5.41, 5.74) is 3.85. The molecule has 0 bridgehead atoms. The number of anilines is 2. The molecule has 8 heteroatoms. The molecule has 6 nitrogen and oxygen atoms in total. The van der Waals surface area contributed by atoms with Gasteiger partial charge in [-0.05, 0) is 55.3 Å². The highest BCUT2D eigenvalue weighted by molar-refractivity contribution is 7.16. The van der Waals surface area contributed by atoms with Crippen molar-refractivity contribution in [2.75, 3.05) is 16.8 Å². The van der Waals surface area contributed by atoms with Crippen LogP contribution in [-0.2, 0) is 6.42 Å². The average Bonchev–Trinajstić information content (AvgIpc) is 3.42. The van der Waals surface area contributed by atoms with Crippen LogP contribution in [0.2, 0.25) is 0 Å². The Morgan fingerprint density at radius 3 is 2.70 bits per heavy atom. The third-order valence-corrected chi connectivity index (χ3v) is 6.40. The van der Waals surface area contributed by atoms with Gasteiger partial charge in [0.15, 0.2) is 5.13 Å². The molecule has 2 amide bonds. The van der Waals surface area contributed by atoms with Crippen molar-refractivity contribution in [3.05, 3.63) is 94.4 Å². The molecule has 4 aromatic rings. The van der Waals surface area contributed by atoms with E-state index >= 15 is 0 Å². The van der Waals surface area contributed by atoms with Crippen molar-refractivity contribution in [1.29, 1.82) is 0 Å². The van der Waals surface area contributed by atoms with E-state index in [2.05, 4.69) is 15.3 Å². The molecule has 5 rings (SSSR count). The summed E-state index contributed by atoms with van der Waals surface area (Å²) in [6.45, 7) is 2.44.